The predicted molar refractivity (Wildman–Crippen MR) is 84.6 cm³/mol. The zero-order chi connectivity index (χ0) is 16.2. The highest BCUT2D eigenvalue weighted by Crippen LogP contribution is 2.29. The van der Waals surface area contributed by atoms with Crippen molar-refractivity contribution in [2.45, 2.75) is 31.5 Å². The van der Waals surface area contributed by atoms with Crippen LogP contribution >= 0.6 is 0 Å². The number of aliphatic hydroxyl groups excluding tert-OH is 1. The maximum Gasteiger partial charge on any atom is 0.138 e. The Morgan fingerprint density at radius 3 is 3.04 bits per heavy atom. The molecule has 0 bridgehead atoms. The van der Waals surface area contributed by atoms with Gasteiger partial charge in [-0.2, -0.15) is 5.10 Å². The van der Waals surface area contributed by atoms with Crippen molar-refractivity contribution in [1.29, 1.82) is 0 Å². The quantitative estimate of drug-likeness (QED) is 0.825. The number of aryl methyl sites for hydroxylation is 1. The van der Waals surface area contributed by atoms with E-state index in [-0.39, 0.29) is 6.04 Å². The van der Waals surface area contributed by atoms with Crippen molar-refractivity contribution in [3.05, 3.63) is 35.9 Å². The van der Waals surface area contributed by atoms with Crippen LogP contribution in [0.25, 0.3) is 0 Å². The fraction of sp³-hybridized carbons (Fsp3) is 0.500. The summed E-state index contributed by atoms with van der Waals surface area (Å²) in [4.78, 5) is 4.22. The lowest BCUT2D eigenvalue weighted by atomic mass is 10.0. The average Bonchev–Trinajstić information content (AvgIpc) is 3.06. The molecule has 0 spiro atoms. The molecule has 0 amide bonds. The number of methoxy groups -OCH3 is 2. The van der Waals surface area contributed by atoms with Crippen molar-refractivity contribution < 1.29 is 14.6 Å². The van der Waals surface area contributed by atoms with Gasteiger partial charge in [0.05, 0.1) is 26.9 Å². The first-order chi connectivity index (χ1) is 11.2. The van der Waals surface area contributed by atoms with Crippen LogP contribution in [0, 0.1) is 0 Å². The van der Waals surface area contributed by atoms with Crippen LogP contribution in [0.2, 0.25) is 0 Å². The van der Waals surface area contributed by atoms with E-state index in [1.165, 1.54) is 0 Å². The van der Waals surface area contributed by atoms with Gasteiger partial charge < -0.3 is 19.9 Å². The third-order valence-electron chi connectivity index (χ3n) is 4.20. The molecule has 1 aromatic carbocycles. The first-order valence-electron chi connectivity index (χ1n) is 7.71. The smallest absolute Gasteiger partial charge is 0.138 e. The number of nitrogens with one attached hydrogen (secondary N) is 1. The van der Waals surface area contributed by atoms with Gasteiger partial charge in [0.1, 0.15) is 23.7 Å². The Kier molecular flexibility index (Phi) is 4.78. The van der Waals surface area contributed by atoms with Gasteiger partial charge in [0.15, 0.2) is 0 Å². The van der Waals surface area contributed by atoms with E-state index < -0.39 is 6.10 Å². The molecule has 2 heterocycles. The van der Waals surface area contributed by atoms with Crippen molar-refractivity contribution in [1.82, 2.24) is 20.1 Å². The number of aliphatic hydroxyl groups is 1. The molecule has 0 saturated heterocycles. The number of hydrogen-bond donors (Lipinski definition) is 2. The Bertz CT molecular complexity index is 659. The summed E-state index contributed by atoms with van der Waals surface area (Å²) in [5, 5.41) is 18.1. The first kappa shape index (κ1) is 15.8. The van der Waals surface area contributed by atoms with Crippen LogP contribution in [0.1, 0.15) is 23.9 Å². The fourth-order valence-corrected chi connectivity index (χ4v) is 2.89. The summed E-state index contributed by atoms with van der Waals surface area (Å²) in [6.45, 7) is 1.22. The molecule has 1 aromatic heterocycles. The maximum absolute atomic E-state index is 10.5. The van der Waals surface area contributed by atoms with Crippen molar-refractivity contribution in [3.8, 4) is 11.5 Å². The van der Waals surface area contributed by atoms with Gasteiger partial charge in [-0.25, -0.2) is 9.67 Å². The van der Waals surface area contributed by atoms with Crippen molar-refractivity contribution in [2.75, 3.05) is 20.8 Å². The molecule has 3 rings (SSSR count). The van der Waals surface area contributed by atoms with Gasteiger partial charge in [-0.05, 0) is 24.6 Å². The molecule has 0 unspecified atom stereocenters. The minimum absolute atomic E-state index is 0.274. The maximum atomic E-state index is 10.5. The fourth-order valence-electron chi connectivity index (χ4n) is 2.89. The van der Waals surface area contributed by atoms with Crippen LogP contribution in [-0.4, -0.2) is 46.7 Å². The van der Waals surface area contributed by atoms with Gasteiger partial charge in [0.25, 0.3) is 0 Å². The van der Waals surface area contributed by atoms with E-state index in [0.717, 1.165) is 30.8 Å². The normalized spacial score (nSPS) is 18.3. The van der Waals surface area contributed by atoms with E-state index in [1.807, 2.05) is 16.8 Å². The third kappa shape index (κ3) is 3.46. The minimum atomic E-state index is -0.669. The number of nitrogens with zero attached hydrogens (tertiary/aromatic N) is 3. The summed E-state index contributed by atoms with van der Waals surface area (Å²) >= 11 is 0. The number of hydrogen-bond acceptors (Lipinski definition) is 6. The van der Waals surface area contributed by atoms with Crippen LogP contribution in [0.15, 0.2) is 24.5 Å². The Morgan fingerprint density at radius 2 is 2.26 bits per heavy atom. The highest BCUT2D eigenvalue weighted by atomic mass is 16.5. The lowest BCUT2D eigenvalue weighted by Gasteiger charge is -2.25. The predicted octanol–water partition coefficient (Wildman–Crippen LogP) is 0.933. The lowest BCUT2D eigenvalue weighted by Crippen LogP contribution is -2.39. The van der Waals surface area contributed by atoms with Crippen molar-refractivity contribution in [3.63, 3.8) is 0 Å². The molecule has 1 aliphatic rings. The van der Waals surface area contributed by atoms with Crippen LogP contribution in [-0.2, 0) is 13.0 Å². The summed E-state index contributed by atoms with van der Waals surface area (Å²) in [5.74, 6) is 2.38. The number of benzene rings is 1. The molecular formula is C16H22N4O3. The van der Waals surface area contributed by atoms with Crippen LogP contribution in [0.5, 0.6) is 11.5 Å². The molecule has 23 heavy (non-hydrogen) atoms. The van der Waals surface area contributed by atoms with E-state index in [9.17, 15) is 5.11 Å². The Labute approximate surface area is 135 Å². The third-order valence-corrected chi connectivity index (χ3v) is 4.20. The molecule has 2 N–H and O–H groups in total. The van der Waals surface area contributed by atoms with Crippen LogP contribution in [0.4, 0.5) is 0 Å². The first-order valence-corrected chi connectivity index (χ1v) is 7.71. The highest BCUT2D eigenvalue weighted by molar-refractivity contribution is 5.41. The topological polar surface area (TPSA) is 81.4 Å². The van der Waals surface area contributed by atoms with E-state index in [1.54, 1.807) is 26.6 Å². The second kappa shape index (κ2) is 6.97. The van der Waals surface area contributed by atoms with Crippen LogP contribution in [0.3, 0.4) is 0 Å². The summed E-state index contributed by atoms with van der Waals surface area (Å²) in [5.41, 5.74) is 0.719. The zero-order valence-corrected chi connectivity index (χ0v) is 13.4. The summed E-state index contributed by atoms with van der Waals surface area (Å²) in [7, 11) is 3.20. The zero-order valence-electron chi connectivity index (χ0n) is 13.4. The Morgan fingerprint density at radius 1 is 1.39 bits per heavy atom. The summed E-state index contributed by atoms with van der Waals surface area (Å²) in [6.07, 6.45) is 2.81. The lowest BCUT2D eigenvalue weighted by molar-refractivity contribution is 0.161. The van der Waals surface area contributed by atoms with E-state index in [2.05, 4.69) is 15.4 Å². The van der Waals surface area contributed by atoms with Gasteiger partial charge in [0, 0.05) is 24.6 Å². The Balaban J connectivity index is 1.62. The largest absolute Gasteiger partial charge is 0.497 e. The monoisotopic (exact) mass is 318 g/mol. The van der Waals surface area contributed by atoms with Gasteiger partial charge in [-0.1, -0.05) is 0 Å². The molecule has 0 radical (unpaired) electrons. The second-order valence-corrected chi connectivity index (χ2v) is 5.63. The van der Waals surface area contributed by atoms with Gasteiger partial charge >= 0.3 is 0 Å². The molecule has 124 valence electrons. The molecule has 0 aliphatic carbocycles. The number of fused-ring (bicyclic) bond motifs is 1. The molecular weight excluding hydrogens is 296 g/mol. The molecule has 7 heteroatoms. The number of ether oxygens (including phenoxy) is 2. The second-order valence-electron chi connectivity index (χ2n) is 5.63. The van der Waals surface area contributed by atoms with E-state index in [4.69, 9.17) is 9.47 Å². The molecule has 1 aliphatic heterocycles. The number of rotatable bonds is 6. The van der Waals surface area contributed by atoms with Crippen molar-refractivity contribution in [2.24, 2.45) is 0 Å². The molecule has 2 aromatic rings. The van der Waals surface area contributed by atoms with Gasteiger partial charge in [0.2, 0.25) is 0 Å². The highest BCUT2D eigenvalue weighted by Gasteiger charge is 2.21. The molecule has 7 nitrogen and oxygen atoms in total. The molecule has 2 atom stereocenters. The van der Waals surface area contributed by atoms with E-state index >= 15 is 0 Å². The van der Waals surface area contributed by atoms with Gasteiger partial charge in [-0.15, -0.1) is 0 Å². The molecule has 0 fully saturated rings. The van der Waals surface area contributed by atoms with Gasteiger partial charge in [-0.3, -0.25) is 0 Å². The minimum Gasteiger partial charge on any atom is -0.497 e. The summed E-state index contributed by atoms with van der Waals surface area (Å²) < 4.78 is 12.5. The van der Waals surface area contributed by atoms with E-state index in [0.29, 0.717) is 18.0 Å². The summed E-state index contributed by atoms with van der Waals surface area (Å²) in [6, 6.07) is 5.70. The Hall–Kier alpha value is -2.12. The van der Waals surface area contributed by atoms with Crippen LogP contribution < -0.4 is 14.8 Å². The molecule has 0 saturated carbocycles. The van der Waals surface area contributed by atoms with Crippen molar-refractivity contribution >= 4 is 0 Å². The number of aromatic nitrogens is 3. The standard InChI is InChI=1S/C16H22N4O3/c1-22-12-4-5-15(23-2)13(7-12)14(21)8-17-11-3-6-16-18-10-19-20(16)9-11/h4-5,7,10-11,14,17,21H,3,6,8-9H2,1-2H3/t11-,14+/m0/s1. The average molecular weight is 318 g/mol. The SMILES string of the molecule is COc1ccc(OC)c([C@H](O)CN[C@H]2CCc3ncnn3C2)c1.